The molecule has 0 aliphatic rings. The summed E-state index contributed by atoms with van der Waals surface area (Å²) in [4.78, 5) is 18.6. The summed E-state index contributed by atoms with van der Waals surface area (Å²) in [5, 5.41) is 2.14. The van der Waals surface area contributed by atoms with E-state index in [1.807, 2.05) is 73.1 Å². The number of nitrogens with zero attached hydrogens (tertiary/aromatic N) is 4. The SMILES string of the molecule is c1ccc2nc(-c3ccc4c(c3)oc3cc(-c5cnc6ccccc6n5)ccc34)cnc2c1. The predicted octanol–water partition coefficient (Wildman–Crippen LogP) is 6.81. The maximum atomic E-state index is 6.26. The van der Waals surface area contributed by atoms with Crippen LogP contribution in [0.3, 0.4) is 0 Å². The van der Waals surface area contributed by atoms with Gasteiger partial charge in [0.15, 0.2) is 0 Å². The van der Waals surface area contributed by atoms with E-state index < -0.39 is 0 Å². The van der Waals surface area contributed by atoms with Crippen molar-refractivity contribution >= 4 is 44.0 Å². The highest BCUT2D eigenvalue weighted by molar-refractivity contribution is 6.06. The van der Waals surface area contributed by atoms with Gasteiger partial charge in [-0.2, -0.15) is 0 Å². The normalized spacial score (nSPS) is 11.6. The van der Waals surface area contributed by atoms with E-state index in [9.17, 15) is 0 Å². The summed E-state index contributed by atoms with van der Waals surface area (Å²) in [5.41, 5.74) is 8.75. The highest BCUT2D eigenvalue weighted by atomic mass is 16.3. The molecular formula is C28H16N4O. The Morgan fingerprint density at radius 1 is 0.485 bits per heavy atom. The molecule has 3 aromatic heterocycles. The minimum Gasteiger partial charge on any atom is -0.456 e. The van der Waals surface area contributed by atoms with Gasteiger partial charge in [0.1, 0.15) is 11.2 Å². The largest absolute Gasteiger partial charge is 0.456 e. The molecule has 33 heavy (non-hydrogen) atoms. The average Bonchev–Trinajstić information content (AvgIpc) is 3.25. The fraction of sp³-hybridized carbons (Fsp3) is 0. The first kappa shape index (κ1) is 18.0. The van der Waals surface area contributed by atoms with E-state index in [1.165, 1.54) is 0 Å². The molecule has 0 fully saturated rings. The van der Waals surface area contributed by atoms with E-state index >= 15 is 0 Å². The van der Waals surface area contributed by atoms with Crippen molar-refractivity contribution in [3.8, 4) is 22.5 Å². The van der Waals surface area contributed by atoms with Crippen LogP contribution in [0.15, 0.2) is 102 Å². The third-order valence-electron chi connectivity index (χ3n) is 5.96. The molecule has 3 heterocycles. The van der Waals surface area contributed by atoms with E-state index in [0.29, 0.717) is 0 Å². The van der Waals surface area contributed by atoms with Crippen LogP contribution in [0.1, 0.15) is 0 Å². The molecule has 0 N–H and O–H groups in total. The van der Waals surface area contributed by atoms with E-state index in [0.717, 1.165) is 66.5 Å². The van der Waals surface area contributed by atoms with Crippen LogP contribution < -0.4 is 0 Å². The number of furan rings is 1. The quantitative estimate of drug-likeness (QED) is 0.305. The molecule has 7 rings (SSSR count). The molecule has 0 amide bonds. The minimum atomic E-state index is 0.819. The number of fused-ring (bicyclic) bond motifs is 5. The highest BCUT2D eigenvalue weighted by Gasteiger charge is 2.12. The molecule has 0 aliphatic heterocycles. The minimum absolute atomic E-state index is 0.819. The van der Waals surface area contributed by atoms with Crippen LogP contribution in [-0.2, 0) is 0 Å². The Morgan fingerprint density at radius 2 is 0.939 bits per heavy atom. The van der Waals surface area contributed by atoms with Crippen molar-refractivity contribution in [2.75, 3.05) is 0 Å². The zero-order chi connectivity index (χ0) is 21.8. The van der Waals surface area contributed by atoms with Crippen LogP contribution in [0.25, 0.3) is 66.5 Å². The van der Waals surface area contributed by atoms with Gasteiger partial charge < -0.3 is 4.42 Å². The molecule has 5 nitrogen and oxygen atoms in total. The van der Waals surface area contributed by atoms with Gasteiger partial charge >= 0.3 is 0 Å². The number of hydrogen-bond acceptors (Lipinski definition) is 5. The Hall–Kier alpha value is -4.64. The summed E-state index contributed by atoms with van der Waals surface area (Å²) in [7, 11) is 0. The van der Waals surface area contributed by atoms with Gasteiger partial charge in [0.2, 0.25) is 0 Å². The van der Waals surface area contributed by atoms with Gasteiger partial charge in [0.05, 0.1) is 45.8 Å². The first-order valence-electron chi connectivity index (χ1n) is 10.7. The number of benzene rings is 4. The molecule has 0 aliphatic carbocycles. The van der Waals surface area contributed by atoms with Crippen molar-refractivity contribution in [1.29, 1.82) is 0 Å². The fourth-order valence-electron chi connectivity index (χ4n) is 4.29. The van der Waals surface area contributed by atoms with E-state index in [1.54, 1.807) is 0 Å². The molecule has 0 atom stereocenters. The van der Waals surface area contributed by atoms with E-state index in [2.05, 4.69) is 34.2 Å². The van der Waals surface area contributed by atoms with Gasteiger partial charge in [-0.15, -0.1) is 0 Å². The van der Waals surface area contributed by atoms with Crippen molar-refractivity contribution in [3.63, 3.8) is 0 Å². The number of rotatable bonds is 2. The van der Waals surface area contributed by atoms with Gasteiger partial charge in [-0.1, -0.05) is 36.4 Å². The molecule has 154 valence electrons. The third-order valence-corrected chi connectivity index (χ3v) is 5.96. The van der Waals surface area contributed by atoms with E-state index in [-0.39, 0.29) is 0 Å². The molecule has 0 bridgehead atoms. The van der Waals surface area contributed by atoms with E-state index in [4.69, 9.17) is 14.4 Å². The number of aromatic nitrogens is 4. The molecule has 5 heteroatoms. The summed E-state index contributed by atoms with van der Waals surface area (Å²) in [5.74, 6) is 0. The maximum absolute atomic E-state index is 6.26. The van der Waals surface area contributed by atoms with Gasteiger partial charge in [0, 0.05) is 21.9 Å². The predicted molar refractivity (Wildman–Crippen MR) is 131 cm³/mol. The van der Waals surface area contributed by atoms with Crippen LogP contribution in [0, 0.1) is 0 Å². The molecule has 0 spiro atoms. The van der Waals surface area contributed by atoms with Crippen molar-refractivity contribution in [3.05, 3.63) is 97.3 Å². The summed E-state index contributed by atoms with van der Waals surface area (Å²) in [6.45, 7) is 0. The van der Waals surface area contributed by atoms with Gasteiger partial charge in [-0.05, 0) is 48.5 Å². The smallest absolute Gasteiger partial charge is 0.136 e. The Labute approximate surface area is 188 Å². The van der Waals surface area contributed by atoms with Crippen molar-refractivity contribution in [2.24, 2.45) is 0 Å². The second-order valence-corrected chi connectivity index (χ2v) is 8.01. The topological polar surface area (TPSA) is 64.7 Å². The molecule has 0 radical (unpaired) electrons. The monoisotopic (exact) mass is 424 g/mol. The standard InChI is InChI=1S/C28H16N4O/c1-3-7-23-21(5-1)29-15-25(31-23)17-9-11-19-20-12-10-18(14-28(20)33-27(19)13-17)26-16-30-22-6-2-4-8-24(22)32-26/h1-16H. The third kappa shape index (κ3) is 2.94. The number of para-hydroxylation sites is 4. The van der Waals surface area contributed by atoms with Gasteiger partial charge in [-0.25, -0.2) is 9.97 Å². The average molecular weight is 424 g/mol. The Morgan fingerprint density at radius 3 is 1.42 bits per heavy atom. The zero-order valence-electron chi connectivity index (χ0n) is 17.4. The lowest BCUT2D eigenvalue weighted by atomic mass is 10.1. The van der Waals surface area contributed by atoms with Crippen molar-refractivity contribution in [2.45, 2.75) is 0 Å². The highest BCUT2D eigenvalue weighted by Crippen LogP contribution is 2.34. The second-order valence-electron chi connectivity index (χ2n) is 8.01. The summed E-state index contributed by atoms with van der Waals surface area (Å²) >= 11 is 0. The molecule has 4 aromatic carbocycles. The maximum Gasteiger partial charge on any atom is 0.136 e. The molecule has 7 aromatic rings. The van der Waals surface area contributed by atoms with Crippen LogP contribution in [-0.4, -0.2) is 19.9 Å². The second kappa shape index (κ2) is 6.93. The van der Waals surface area contributed by atoms with Crippen LogP contribution in [0.5, 0.6) is 0 Å². The Bertz CT molecular complexity index is 1700. The lowest BCUT2D eigenvalue weighted by Crippen LogP contribution is -1.88. The first-order valence-corrected chi connectivity index (χ1v) is 10.7. The fourth-order valence-corrected chi connectivity index (χ4v) is 4.29. The van der Waals surface area contributed by atoms with Crippen LogP contribution in [0.2, 0.25) is 0 Å². The molecule has 0 saturated carbocycles. The Kier molecular flexibility index (Phi) is 3.78. The summed E-state index contributed by atoms with van der Waals surface area (Å²) in [6.07, 6.45) is 3.62. The van der Waals surface area contributed by atoms with Crippen molar-refractivity contribution < 1.29 is 4.42 Å². The van der Waals surface area contributed by atoms with Gasteiger partial charge in [-0.3, -0.25) is 9.97 Å². The Balaban J connectivity index is 1.34. The zero-order valence-corrected chi connectivity index (χ0v) is 17.4. The molecular weight excluding hydrogens is 408 g/mol. The molecule has 0 unspecified atom stereocenters. The first-order chi connectivity index (χ1) is 16.3. The molecule has 0 saturated heterocycles. The lowest BCUT2D eigenvalue weighted by molar-refractivity contribution is 0.669. The summed E-state index contributed by atoms with van der Waals surface area (Å²) in [6, 6.07) is 28.1. The van der Waals surface area contributed by atoms with Gasteiger partial charge in [0.25, 0.3) is 0 Å². The summed E-state index contributed by atoms with van der Waals surface area (Å²) < 4.78 is 6.26. The van der Waals surface area contributed by atoms with Crippen molar-refractivity contribution in [1.82, 2.24) is 19.9 Å². The van der Waals surface area contributed by atoms with Crippen LogP contribution in [0.4, 0.5) is 0 Å². The lowest BCUT2D eigenvalue weighted by Gasteiger charge is -2.03. The van der Waals surface area contributed by atoms with Crippen LogP contribution >= 0.6 is 0 Å². The number of hydrogen-bond donors (Lipinski definition) is 0.